The molecule has 0 aliphatic rings. The van der Waals surface area contributed by atoms with Crippen molar-refractivity contribution in [2.24, 2.45) is 5.84 Å². The summed E-state index contributed by atoms with van der Waals surface area (Å²) < 4.78 is 7.05. The highest BCUT2D eigenvalue weighted by Gasteiger charge is 2.13. The van der Waals surface area contributed by atoms with Crippen LogP contribution in [0.5, 0.6) is 0 Å². The number of amides is 1. The van der Waals surface area contributed by atoms with E-state index in [9.17, 15) is 4.79 Å². The molecule has 0 spiro atoms. The monoisotopic (exact) mass is 290 g/mol. The van der Waals surface area contributed by atoms with Gasteiger partial charge in [0.15, 0.2) is 11.5 Å². The summed E-state index contributed by atoms with van der Waals surface area (Å²) in [6.07, 6.45) is 1.82. The number of carbonyl (C=O) groups is 1. The SMILES string of the molecule is NNC(=O)c1cc(Cn2cc(Cl)c3ccccc32)on1. The van der Waals surface area contributed by atoms with Crippen LogP contribution in [-0.2, 0) is 6.54 Å². The summed E-state index contributed by atoms with van der Waals surface area (Å²) in [5, 5.41) is 5.29. The third-order valence-corrected chi connectivity index (χ3v) is 3.29. The van der Waals surface area contributed by atoms with E-state index in [1.165, 1.54) is 0 Å². The van der Waals surface area contributed by atoms with E-state index < -0.39 is 5.91 Å². The molecule has 0 atom stereocenters. The van der Waals surface area contributed by atoms with Gasteiger partial charge in [0.1, 0.15) is 0 Å². The minimum absolute atomic E-state index is 0.144. The van der Waals surface area contributed by atoms with Crippen LogP contribution < -0.4 is 11.3 Å². The first-order chi connectivity index (χ1) is 9.69. The highest BCUT2D eigenvalue weighted by molar-refractivity contribution is 6.35. The van der Waals surface area contributed by atoms with E-state index in [1.807, 2.05) is 40.5 Å². The lowest BCUT2D eigenvalue weighted by Gasteiger charge is -2.00. The normalized spacial score (nSPS) is 10.9. The van der Waals surface area contributed by atoms with Gasteiger partial charge in [-0.05, 0) is 6.07 Å². The predicted molar refractivity (Wildman–Crippen MR) is 74.2 cm³/mol. The van der Waals surface area contributed by atoms with E-state index in [4.69, 9.17) is 22.0 Å². The third kappa shape index (κ3) is 2.15. The predicted octanol–water partition coefficient (Wildman–Crippen LogP) is 1.93. The summed E-state index contributed by atoms with van der Waals surface area (Å²) in [5.41, 5.74) is 3.13. The molecule has 0 bridgehead atoms. The number of nitrogens with one attached hydrogen (secondary N) is 1. The van der Waals surface area contributed by atoms with Crippen molar-refractivity contribution in [3.05, 3.63) is 53.0 Å². The summed E-state index contributed by atoms with van der Waals surface area (Å²) in [5.74, 6) is 5.09. The molecule has 0 saturated heterocycles. The molecule has 6 nitrogen and oxygen atoms in total. The minimum atomic E-state index is -0.490. The van der Waals surface area contributed by atoms with E-state index >= 15 is 0 Å². The fraction of sp³-hybridized carbons (Fsp3) is 0.0769. The molecule has 2 heterocycles. The summed E-state index contributed by atoms with van der Waals surface area (Å²) in [6.45, 7) is 0.429. The molecule has 0 unspecified atom stereocenters. The lowest BCUT2D eigenvalue weighted by molar-refractivity contribution is 0.0944. The number of benzene rings is 1. The molecule has 0 fully saturated rings. The number of nitrogens with zero attached hydrogens (tertiary/aromatic N) is 2. The second kappa shape index (κ2) is 4.99. The Balaban J connectivity index is 1.93. The first-order valence-electron chi connectivity index (χ1n) is 5.89. The number of rotatable bonds is 3. The molecule has 0 radical (unpaired) electrons. The molecular formula is C13H11ClN4O2. The van der Waals surface area contributed by atoms with Crippen LogP contribution in [0.2, 0.25) is 5.02 Å². The van der Waals surface area contributed by atoms with Crippen molar-refractivity contribution in [1.29, 1.82) is 0 Å². The Hall–Kier alpha value is -2.31. The van der Waals surface area contributed by atoms with Crippen molar-refractivity contribution in [1.82, 2.24) is 15.1 Å². The summed E-state index contributed by atoms with van der Waals surface area (Å²) in [4.78, 5) is 11.3. The number of hydrogen-bond donors (Lipinski definition) is 2. The van der Waals surface area contributed by atoms with Crippen molar-refractivity contribution in [3.8, 4) is 0 Å². The highest BCUT2D eigenvalue weighted by atomic mass is 35.5. The van der Waals surface area contributed by atoms with Crippen LogP contribution in [0.1, 0.15) is 16.2 Å². The Morgan fingerprint density at radius 3 is 3.05 bits per heavy atom. The average Bonchev–Trinajstić information content (AvgIpc) is 3.05. The van der Waals surface area contributed by atoms with Gasteiger partial charge in [-0.25, -0.2) is 5.84 Å². The maximum Gasteiger partial charge on any atom is 0.287 e. The quantitative estimate of drug-likeness (QED) is 0.438. The van der Waals surface area contributed by atoms with E-state index in [1.54, 1.807) is 6.07 Å². The van der Waals surface area contributed by atoms with E-state index in [0.29, 0.717) is 17.3 Å². The average molecular weight is 291 g/mol. The molecular weight excluding hydrogens is 280 g/mol. The smallest absolute Gasteiger partial charge is 0.287 e. The number of halogens is 1. The topological polar surface area (TPSA) is 86.1 Å². The van der Waals surface area contributed by atoms with E-state index in [0.717, 1.165) is 10.9 Å². The number of aromatic nitrogens is 2. The number of carbonyl (C=O) groups excluding carboxylic acids is 1. The number of fused-ring (bicyclic) bond motifs is 1. The second-order valence-corrected chi connectivity index (χ2v) is 4.68. The molecule has 0 aliphatic heterocycles. The largest absolute Gasteiger partial charge is 0.359 e. The van der Waals surface area contributed by atoms with Gasteiger partial charge in [0.2, 0.25) is 0 Å². The molecule has 20 heavy (non-hydrogen) atoms. The van der Waals surface area contributed by atoms with Crippen molar-refractivity contribution < 1.29 is 9.32 Å². The van der Waals surface area contributed by atoms with Gasteiger partial charge in [-0.15, -0.1) is 0 Å². The van der Waals surface area contributed by atoms with Crippen molar-refractivity contribution in [3.63, 3.8) is 0 Å². The fourth-order valence-corrected chi connectivity index (χ4v) is 2.35. The maximum absolute atomic E-state index is 11.3. The van der Waals surface area contributed by atoms with Gasteiger partial charge < -0.3 is 9.09 Å². The number of hydrogen-bond acceptors (Lipinski definition) is 4. The van der Waals surface area contributed by atoms with Crippen LogP contribution in [0.25, 0.3) is 10.9 Å². The highest BCUT2D eigenvalue weighted by Crippen LogP contribution is 2.26. The van der Waals surface area contributed by atoms with Crippen LogP contribution in [0.4, 0.5) is 0 Å². The molecule has 3 aromatic rings. The van der Waals surface area contributed by atoms with Gasteiger partial charge in [0.05, 0.1) is 11.6 Å². The van der Waals surface area contributed by atoms with Crippen LogP contribution in [0, 0.1) is 0 Å². The van der Waals surface area contributed by atoms with Crippen molar-refractivity contribution in [2.75, 3.05) is 0 Å². The standard InChI is InChI=1S/C13H11ClN4O2/c14-10-7-18(12-4-2-1-3-9(10)12)6-8-5-11(17-20-8)13(19)16-15/h1-5,7H,6,15H2,(H,16,19). The summed E-state index contributed by atoms with van der Waals surface area (Å²) in [7, 11) is 0. The number of nitrogens with two attached hydrogens (primary N) is 1. The van der Waals surface area contributed by atoms with Gasteiger partial charge in [-0.3, -0.25) is 10.2 Å². The zero-order valence-electron chi connectivity index (χ0n) is 10.3. The number of para-hydroxylation sites is 1. The van der Waals surface area contributed by atoms with E-state index in [2.05, 4.69) is 5.16 Å². The molecule has 0 aliphatic carbocycles. The van der Waals surface area contributed by atoms with Gasteiger partial charge in [0, 0.05) is 23.2 Å². The molecule has 102 valence electrons. The number of nitrogen functional groups attached to an aromatic ring is 1. The Labute approximate surface area is 119 Å². The molecule has 1 amide bonds. The van der Waals surface area contributed by atoms with Crippen molar-refractivity contribution in [2.45, 2.75) is 6.54 Å². The van der Waals surface area contributed by atoms with Gasteiger partial charge in [-0.1, -0.05) is 35.0 Å². The van der Waals surface area contributed by atoms with Crippen molar-refractivity contribution >= 4 is 28.4 Å². The molecule has 2 aromatic heterocycles. The van der Waals surface area contributed by atoms with E-state index in [-0.39, 0.29) is 5.69 Å². The lowest BCUT2D eigenvalue weighted by Crippen LogP contribution is -2.30. The zero-order valence-corrected chi connectivity index (χ0v) is 11.1. The lowest BCUT2D eigenvalue weighted by atomic mass is 10.2. The summed E-state index contributed by atoms with van der Waals surface area (Å²) in [6, 6.07) is 9.32. The molecule has 0 saturated carbocycles. The zero-order chi connectivity index (χ0) is 14.1. The molecule has 3 rings (SSSR count). The Bertz CT molecular complexity index is 778. The molecule has 7 heteroatoms. The summed E-state index contributed by atoms with van der Waals surface area (Å²) >= 11 is 6.17. The van der Waals surface area contributed by atoms with Gasteiger partial charge in [0.25, 0.3) is 5.91 Å². The fourth-order valence-electron chi connectivity index (χ4n) is 2.07. The minimum Gasteiger partial charge on any atom is -0.359 e. The Morgan fingerprint density at radius 2 is 2.25 bits per heavy atom. The first kappa shape index (κ1) is 12.7. The van der Waals surface area contributed by atoms with Crippen LogP contribution in [0.15, 0.2) is 41.1 Å². The maximum atomic E-state index is 11.3. The second-order valence-electron chi connectivity index (χ2n) is 4.27. The third-order valence-electron chi connectivity index (χ3n) is 2.99. The van der Waals surface area contributed by atoms with Gasteiger partial charge in [-0.2, -0.15) is 0 Å². The van der Waals surface area contributed by atoms with Gasteiger partial charge >= 0.3 is 0 Å². The Kier molecular flexibility index (Phi) is 3.17. The van der Waals surface area contributed by atoms with Crippen LogP contribution >= 0.6 is 11.6 Å². The molecule has 1 aromatic carbocycles. The van der Waals surface area contributed by atoms with Crippen LogP contribution in [-0.4, -0.2) is 15.6 Å². The number of hydrazine groups is 1. The Morgan fingerprint density at radius 1 is 1.45 bits per heavy atom. The molecule has 3 N–H and O–H groups in total. The first-order valence-corrected chi connectivity index (χ1v) is 6.27. The van der Waals surface area contributed by atoms with Crippen LogP contribution in [0.3, 0.4) is 0 Å².